The van der Waals surface area contributed by atoms with Crippen LogP contribution in [0.2, 0.25) is 0 Å². The number of benzene rings is 1. The molecule has 2 aromatic rings. The summed E-state index contributed by atoms with van der Waals surface area (Å²) >= 11 is 0. The van der Waals surface area contributed by atoms with Gasteiger partial charge in [0.25, 0.3) is 0 Å². The molecule has 0 radical (unpaired) electrons. The van der Waals surface area contributed by atoms with E-state index in [4.69, 9.17) is 0 Å². The van der Waals surface area contributed by atoms with Crippen LogP contribution in [-0.4, -0.2) is 14.2 Å². The van der Waals surface area contributed by atoms with Gasteiger partial charge in [-0.2, -0.15) is 0 Å². The van der Waals surface area contributed by atoms with Crippen molar-refractivity contribution < 1.29 is 5.11 Å². The zero-order valence-electron chi connectivity index (χ0n) is 8.42. The van der Waals surface area contributed by atoms with Crippen LogP contribution < -0.4 is 5.69 Å². The highest BCUT2D eigenvalue weighted by Gasteiger charge is 2.09. The van der Waals surface area contributed by atoms with Gasteiger partial charge in [0, 0.05) is 6.54 Å². The molecule has 1 aromatic carbocycles. The predicted molar refractivity (Wildman–Crippen MR) is 57.4 cm³/mol. The van der Waals surface area contributed by atoms with Gasteiger partial charge in [-0.05, 0) is 19.1 Å². The first kappa shape index (κ1) is 9.58. The van der Waals surface area contributed by atoms with Gasteiger partial charge in [0.2, 0.25) is 5.88 Å². The van der Waals surface area contributed by atoms with Crippen molar-refractivity contribution in [1.29, 1.82) is 0 Å². The Balaban J connectivity index is 2.61. The standard InChI is InChI=1S/C11H12N2O2/c1-2-12-10(14)8-13(11(12)15)9-6-4-3-5-7-9/h3-8,14H,2H2,1H3. The monoisotopic (exact) mass is 204 g/mol. The summed E-state index contributed by atoms with van der Waals surface area (Å²) in [4.78, 5) is 11.8. The van der Waals surface area contributed by atoms with Crippen LogP contribution in [0.5, 0.6) is 5.88 Å². The number of rotatable bonds is 2. The Labute approximate surface area is 87.0 Å². The first-order valence-corrected chi connectivity index (χ1v) is 4.80. The van der Waals surface area contributed by atoms with E-state index in [2.05, 4.69) is 0 Å². The zero-order chi connectivity index (χ0) is 10.8. The van der Waals surface area contributed by atoms with Crippen molar-refractivity contribution >= 4 is 0 Å². The minimum atomic E-state index is -0.221. The molecular weight excluding hydrogens is 192 g/mol. The number of aromatic hydroxyl groups is 1. The summed E-state index contributed by atoms with van der Waals surface area (Å²) in [6.07, 6.45) is 1.43. The lowest BCUT2D eigenvalue weighted by Gasteiger charge is -1.99. The maximum atomic E-state index is 11.8. The topological polar surface area (TPSA) is 47.2 Å². The average molecular weight is 204 g/mol. The fourth-order valence-electron chi connectivity index (χ4n) is 1.54. The van der Waals surface area contributed by atoms with E-state index in [0.29, 0.717) is 6.54 Å². The molecule has 4 nitrogen and oxygen atoms in total. The maximum absolute atomic E-state index is 11.8. The minimum absolute atomic E-state index is 0.00801. The second kappa shape index (κ2) is 3.65. The zero-order valence-corrected chi connectivity index (χ0v) is 8.42. The molecule has 0 saturated carbocycles. The second-order valence-electron chi connectivity index (χ2n) is 3.22. The second-order valence-corrected chi connectivity index (χ2v) is 3.22. The maximum Gasteiger partial charge on any atom is 0.335 e. The number of aromatic nitrogens is 2. The van der Waals surface area contributed by atoms with Crippen LogP contribution in [0.4, 0.5) is 0 Å². The third-order valence-corrected chi connectivity index (χ3v) is 2.31. The summed E-state index contributed by atoms with van der Waals surface area (Å²) < 4.78 is 2.74. The van der Waals surface area contributed by atoms with Gasteiger partial charge < -0.3 is 5.11 Å². The fourth-order valence-corrected chi connectivity index (χ4v) is 1.54. The number of hydrogen-bond donors (Lipinski definition) is 1. The molecule has 2 rings (SSSR count). The molecule has 0 bridgehead atoms. The van der Waals surface area contributed by atoms with Gasteiger partial charge in [-0.1, -0.05) is 18.2 Å². The highest BCUT2D eigenvalue weighted by molar-refractivity contribution is 5.32. The quantitative estimate of drug-likeness (QED) is 0.803. The molecule has 1 aromatic heterocycles. The highest BCUT2D eigenvalue weighted by Crippen LogP contribution is 2.10. The Kier molecular flexibility index (Phi) is 2.33. The Bertz CT molecular complexity index is 511. The summed E-state index contributed by atoms with van der Waals surface area (Å²) in [5.74, 6) is -0.00801. The molecule has 15 heavy (non-hydrogen) atoms. The first-order valence-electron chi connectivity index (χ1n) is 4.80. The van der Waals surface area contributed by atoms with E-state index in [1.807, 2.05) is 37.3 Å². The molecule has 0 atom stereocenters. The van der Waals surface area contributed by atoms with Crippen LogP contribution in [0.3, 0.4) is 0 Å². The summed E-state index contributed by atoms with van der Waals surface area (Å²) in [7, 11) is 0. The number of nitrogens with zero attached hydrogens (tertiary/aromatic N) is 2. The fraction of sp³-hybridized carbons (Fsp3) is 0.182. The molecule has 0 aliphatic carbocycles. The number of para-hydroxylation sites is 1. The summed E-state index contributed by atoms with van der Waals surface area (Å²) in [5.41, 5.74) is 0.534. The molecule has 4 heteroatoms. The molecule has 0 spiro atoms. The molecule has 0 amide bonds. The Morgan fingerprint density at radius 2 is 1.93 bits per heavy atom. The minimum Gasteiger partial charge on any atom is -0.493 e. The van der Waals surface area contributed by atoms with Crippen LogP contribution in [0.1, 0.15) is 6.92 Å². The number of hydrogen-bond acceptors (Lipinski definition) is 2. The summed E-state index contributed by atoms with van der Waals surface area (Å²) in [6.45, 7) is 2.28. The van der Waals surface area contributed by atoms with Crippen molar-refractivity contribution in [2.75, 3.05) is 0 Å². The molecule has 1 heterocycles. The van der Waals surface area contributed by atoms with Crippen molar-refractivity contribution in [3.8, 4) is 11.6 Å². The molecule has 0 fully saturated rings. The van der Waals surface area contributed by atoms with E-state index in [9.17, 15) is 9.90 Å². The Hall–Kier alpha value is -1.97. The Morgan fingerprint density at radius 1 is 1.27 bits per heavy atom. The molecule has 0 aliphatic rings. The van der Waals surface area contributed by atoms with E-state index < -0.39 is 0 Å². The number of imidazole rings is 1. The lowest BCUT2D eigenvalue weighted by molar-refractivity contribution is 0.418. The van der Waals surface area contributed by atoms with Gasteiger partial charge in [-0.15, -0.1) is 0 Å². The van der Waals surface area contributed by atoms with Crippen LogP contribution in [0.25, 0.3) is 5.69 Å². The molecule has 1 N–H and O–H groups in total. The third-order valence-electron chi connectivity index (χ3n) is 2.31. The molecule has 0 unspecified atom stereocenters. The van der Waals surface area contributed by atoms with Crippen LogP contribution in [-0.2, 0) is 6.54 Å². The van der Waals surface area contributed by atoms with Gasteiger partial charge in [0.15, 0.2) is 0 Å². The van der Waals surface area contributed by atoms with Gasteiger partial charge in [0.1, 0.15) is 0 Å². The Morgan fingerprint density at radius 3 is 2.47 bits per heavy atom. The molecule has 0 aliphatic heterocycles. The highest BCUT2D eigenvalue weighted by atomic mass is 16.3. The van der Waals surface area contributed by atoms with Crippen molar-refractivity contribution in [3.63, 3.8) is 0 Å². The van der Waals surface area contributed by atoms with E-state index in [-0.39, 0.29) is 11.6 Å². The SMILES string of the molecule is CCn1c(O)cn(-c2ccccc2)c1=O. The van der Waals surface area contributed by atoms with Crippen molar-refractivity contribution in [1.82, 2.24) is 9.13 Å². The van der Waals surface area contributed by atoms with Gasteiger partial charge in [0.05, 0.1) is 11.9 Å². The predicted octanol–water partition coefficient (Wildman–Crippen LogP) is 1.36. The van der Waals surface area contributed by atoms with Crippen molar-refractivity contribution in [2.24, 2.45) is 0 Å². The van der Waals surface area contributed by atoms with E-state index in [1.165, 1.54) is 15.3 Å². The normalized spacial score (nSPS) is 10.5. The van der Waals surface area contributed by atoms with Gasteiger partial charge in [-0.25, -0.2) is 4.79 Å². The lowest BCUT2D eigenvalue weighted by Crippen LogP contribution is -2.22. The van der Waals surface area contributed by atoms with Crippen LogP contribution >= 0.6 is 0 Å². The molecular formula is C11H12N2O2. The third kappa shape index (κ3) is 1.54. The van der Waals surface area contributed by atoms with Crippen molar-refractivity contribution in [3.05, 3.63) is 47.0 Å². The smallest absolute Gasteiger partial charge is 0.335 e. The largest absolute Gasteiger partial charge is 0.493 e. The van der Waals surface area contributed by atoms with Crippen LogP contribution in [0.15, 0.2) is 41.3 Å². The van der Waals surface area contributed by atoms with E-state index >= 15 is 0 Å². The van der Waals surface area contributed by atoms with Crippen molar-refractivity contribution in [2.45, 2.75) is 13.5 Å². The first-order chi connectivity index (χ1) is 7.24. The molecule has 78 valence electrons. The summed E-state index contributed by atoms with van der Waals surface area (Å²) in [5, 5.41) is 9.52. The van der Waals surface area contributed by atoms with Gasteiger partial charge in [-0.3, -0.25) is 9.13 Å². The van der Waals surface area contributed by atoms with Crippen LogP contribution in [0, 0.1) is 0 Å². The van der Waals surface area contributed by atoms with E-state index in [1.54, 1.807) is 0 Å². The van der Waals surface area contributed by atoms with E-state index in [0.717, 1.165) is 5.69 Å². The molecule has 0 saturated heterocycles. The average Bonchev–Trinajstić information content (AvgIpc) is 2.55. The lowest BCUT2D eigenvalue weighted by atomic mass is 10.3. The summed E-state index contributed by atoms with van der Waals surface area (Å²) in [6, 6.07) is 9.22. The van der Waals surface area contributed by atoms with Gasteiger partial charge >= 0.3 is 5.69 Å².